The van der Waals surface area contributed by atoms with Crippen LogP contribution in [0, 0.1) is 13.8 Å². The molecule has 7 nitrogen and oxygen atoms in total. The van der Waals surface area contributed by atoms with Gasteiger partial charge in [0.1, 0.15) is 10.6 Å². The van der Waals surface area contributed by atoms with Crippen LogP contribution in [0.3, 0.4) is 0 Å². The van der Waals surface area contributed by atoms with Crippen molar-refractivity contribution in [2.45, 2.75) is 25.2 Å². The third-order valence-electron chi connectivity index (χ3n) is 2.87. The standard InChI is InChI=1S/C13H14ClN3O4S/c1-8-13(9(2)21-16-8)22(19,20)17-15-12(18)7-10-5-3-4-6-11(10)14/h3-6,17H,7H2,1-2H3,(H,15,18). The second-order valence-electron chi connectivity index (χ2n) is 4.58. The number of amides is 1. The zero-order chi connectivity index (χ0) is 16.3. The third-order valence-corrected chi connectivity index (χ3v) is 4.73. The summed E-state index contributed by atoms with van der Waals surface area (Å²) in [7, 11) is -3.95. The molecule has 22 heavy (non-hydrogen) atoms. The van der Waals surface area contributed by atoms with E-state index in [2.05, 4.69) is 10.6 Å². The lowest BCUT2D eigenvalue weighted by molar-refractivity contribution is -0.120. The number of sulfonamides is 1. The predicted molar refractivity (Wildman–Crippen MR) is 79.6 cm³/mol. The fraction of sp³-hybridized carbons (Fsp3) is 0.231. The minimum absolute atomic E-state index is 0.0518. The van der Waals surface area contributed by atoms with Gasteiger partial charge in [-0.15, -0.1) is 4.83 Å². The molecule has 0 bridgehead atoms. The Morgan fingerprint density at radius 3 is 2.59 bits per heavy atom. The molecular formula is C13H14ClN3O4S. The van der Waals surface area contributed by atoms with Crippen LogP contribution in [0.4, 0.5) is 0 Å². The van der Waals surface area contributed by atoms with Crippen molar-refractivity contribution in [2.24, 2.45) is 0 Å². The molecule has 0 saturated carbocycles. The molecular weight excluding hydrogens is 330 g/mol. The molecule has 0 aliphatic rings. The number of nitrogens with zero attached hydrogens (tertiary/aromatic N) is 1. The van der Waals surface area contributed by atoms with E-state index in [4.69, 9.17) is 16.1 Å². The Morgan fingerprint density at radius 2 is 2.00 bits per heavy atom. The van der Waals surface area contributed by atoms with E-state index in [1.54, 1.807) is 24.3 Å². The highest BCUT2D eigenvalue weighted by atomic mass is 35.5. The monoisotopic (exact) mass is 343 g/mol. The summed E-state index contributed by atoms with van der Waals surface area (Å²) < 4.78 is 29.0. The molecule has 0 spiro atoms. The van der Waals surface area contributed by atoms with Crippen molar-refractivity contribution in [3.8, 4) is 0 Å². The molecule has 9 heteroatoms. The summed E-state index contributed by atoms with van der Waals surface area (Å²) >= 11 is 5.94. The van der Waals surface area contributed by atoms with Crippen LogP contribution in [0.25, 0.3) is 0 Å². The maximum atomic E-state index is 12.1. The molecule has 1 aromatic carbocycles. The van der Waals surface area contributed by atoms with Crippen LogP contribution in [0.5, 0.6) is 0 Å². The van der Waals surface area contributed by atoms with E-state index in [9.17, 15) is 13.2 Å². The number of benzene rings is 1. The Balaban J connectivity index is 2.04. The summed E-state index contributed by atoms with van der Waals surface area (Å²) in [6.45, 7) is 2.97. The molecule has 0 aliphatic heterocycles. The quantitative estimate of drug-likeness (QED) is 0.801. The van der Waals surface area contributed by atoms with Crippen molar-refractivity contribution >= 4 is 27.5 Å². The van der Waals surface area contributed by atoms with Gasteiger partial charge in [-0.1, -0.05) is 35.0 Å². The zero-order valence-electron chi connectivity index (χ0n) is 11.9. The lowest BCUT2D eigenvalue weighted by Gasteiger charge is -2.08. The highest BCUT2D eigenvalue weighted by molar-refractivity contribution is 7.89. The van der Waals surface area contributed by atoms with E-state index in [1.807, 2.05) is 4.83 Å². The van der Waals surface area contributed by atoms with Gasteiger partial charge in [0.05, 0.1) is 6.42 Å². The van der Waals surface area contributed by atoms with Crippen LogP contribution < -0.4 is 10.3 Å². The van der Waals surface area contributed by atoms with Gasteiger partial charge in [0.15, 0.2) is 5.76 Å². The van der Waals surface area contributed by atoms with Gasteiger partial charge in [0.25, 0.3) is 10.0 Å². The normalized spacial score (nSPS) is 11.4. The molecule has 118 valence electrons. The van der Waals surface area contributed by atoms with Crippen LogP contribution >= 0.6 is 11.6 Å². The van der Waals surface area contributed by atoms with Gasteiger partial charge in [-0.25, -0.2) is 8.42 Å². The highest BCUT2D eigenvalue weighted by Gasteiger charge is 2.24. The first-order chi connectivity index (χ1) is 10.3. The van der Waals surface area contributed by atoms with Crippen molar-refractivity contribution in [3.05, 3.63) is 46.3 Å². The third kappa shape index (κ3) is 3.65. The molecule has 2 aromatic rings. The zero-order valence-corrected chi connectivity index (χ0v) is 13.5. The first-order valence-corrected chi connectivity index (χ1v) is 8.14. The molecule has 1 heterocycles. The molecule has 2 rings (SSSR count). The smallest absolute Gasteiger partial charge is 0.262 e. The Morgan fingerprint density at radius 1 is 1.32 bits per heavy atom. The maximum absolute atomic E-state index is 12.1. The minimum Gasteiger partial charge on any atom is -0.360 e. The SMILES string of the molecule is Cc1noc(C)c1S(=O)(=O)NNC(=O)Cc1ccccc1Cl. The fourth-order valence-electron chi connectivity index (χ4n) is 1.89. The Bertz CT molecular complexity index is 782. The van der Waals surface area contributed by atoms with Crippen molar-refractivity contribution in [2.75, 3.05) is 0 Å². The molecule has 1 aromatic heterocycles. The first kappa shape index (κ1) is 16.5. The number of aromatic nitrogens is 1. The Hall–Kier alpha value is -1.90. The molecule has 0 fully saturated rings. The minimum atomic E-state index is -3.95. The predicted octanol–water partition coefficient (Wildman–Crippen LogP) is 1.50. The maximum Gasteiger partial charge on any atom is 0.262 e. The van der Waals surface area contributed by atoms with Gasteiger partial charge >= 0.3 is 0 Å². The molecule has 2 N–H and O–H groups in total. The lowest BCUT2D eigenvalue weighted by atomic mass is 10.1. The fourth-order valence-corrected chi connectivity index (χ4v) is 3.29. The van der Waals surface area contributed by atoms with Crippen LogP contribution in [-0.2, 0) is 21.2 Å². The molecule has 0 aliphatic carbocycles. The van der Waals surface area contributed by atoms with E-state index in [0.717, 1.165) is 0 Å². The van der Waals surface area contributed by atoms with Crippen LogP contribution in [0.15, 0.2) is 33.7 Å². The summed E-state index contributed by atoms with van der Waals surface area (Å²) in [5.41, 5.74) is 2.95. The second kappa shape index (κ2) is 6.47. The number of carbonyl (C=O) groups is 1. The van der Waals surface area contributed by atoms with E-state index in [0.29, 0.717) is 10.6 Å². The number of hydrogen-bond donors (Lipinski definition) is 2. The summed E-state index contributed by atoms with van der Waals surface area (Å²) in [4.78, 5) is 13.7. The van der Waals surface area contributed by atoms with Gasteiger partial charge in [-0.3, -0.25) is 10.2 Å². The number of halogens is 1. The topological polar surface area (TPSA) is 101 Å². The number of aryl methyl sites for hydroxylation is 2. The van der Waals surface area contributed by atoms with Crippen LogP contribution in [-0.4, -0.2) is 19.5 Å². The summed E-state index contributed by atoms with van der Waals surface area (Å²) in [5.74, 6) is -0.395. The summed E-state index contributed by atoms with van der Waals surface area (Å²) in [6, 6.07) is 6.81. The van der Waals surface area contributed by atoms with Crippen molar-refractivity contribution in [1.82, 2.24) is 15.4 Å². The van der Waals surface area contributed by atoms with Gasteiger partial charge < -0.3 is 4.52 Å². The van der Waals surface area contributed by atoms with Crippen molar-refractivity contribution in [3.63, 3.8) is 0 Å². The van der Waals surface area contributed by atoms with Crippen molar-refractivity contribution in [1.29, 1.82) is 0 Å². The van der Waals surface area contributed by atoms with Crippen LogP contribution in [0.2, 0.25) is 5.02 Å². The van der Waals surface area contributed by atoms with E-state index < -0.39 is 15.9 Å². The highest BCUT2D eigenvalue weighted by Crippen LogP contribution is 2.18. The number of carbonyl (C=O) groups excluding carboxylic acids is 1. The summed E-state index contributed by atoms with van der Waals surface area (Å²) in [5, 5.41) is 4.00. The number of rotatable bonds is 5. The van der Waals surface area contributed by atoms with Crippen LogP contribution in [0.1, 0.15) is 17.0 Å². The molecule has 0 unspecified atom stereocenters. The number of nitrogens with one attached hydrogen (secondary N) is 2. The average molecular weight is 344 g/mol. The molecule has 1 amide bonds. The van der Waals surface area contributed by atoms with E-state index in [1.165, 1.54) is 13.8 Å². The van der Waals surface area contributed by atoms with Gasteiger partial charge in [-0.05, 0) is 25.5 Å². The number of hydrogen-bond acceptors (Lipinski definition) is 5. The van der Waals surface area contributed by atoms with E-state index in [-0.39, 0.29) is 22.8 Å². The first-order valence-electron chi connectivity index (χ1n) is 6.28. The Labute approximate surface area is 132 Å². The van der Waals surface area contributed by atoms with Gasteiger partial charge in [0, 0.05) is 5.02 Å². The second-order valence-corrected chi connectivity index (χ2v) is 6.60. The molecule has 0 saturated heterocycles. The summed E-state index contributed by atoms with van der Waals surface area (Å²) in [6.07, 6.45) is -0.0518. The lowest BCUT2D eigenvalue weighted by Crippen LogP contribution is -2.42. The Kier molecular flexibility index (Phi) is 4.84. The van der Waals surface area contributed by atoms with E-state index >= 15 is 0 Å². The average Bonchev–Trinajstić information content (AvgIpc) is 2.79. The number of hydrazine groups is 1. The van der Waals surface area contributed by atoms with Gasteiger partial charge in [0.2, 0.25) is 5.91 Å². The molecule has 0 atom stereocenters. The van der Waals surface area contributed by atoms with Crippen molar-refractivity contribution < 1.29 is 17.7 Å². The molecule has 0 radical (unpaired) electrons. The largest absolute Gasteiger partial charge is 0.360 e. The van der Waals surface area contributed by atoms with Gasteiger partial charge in [-0.2, -0.15) is 0 Å².